The first-order valence-electron chi connectivity index (χ1n) is 9.82. The molecule has 0 bridgehead atoms. The van der Waals surface area contributed by atoms with Crippen LogP contribution in [0.25, 0.3) is 26.9 Å². The van der Waals surface area contributed by atoms with Crippen LogP contribution in [-0.2, 0) is 4.79 Å². The second-order valence-corrected chi connectivity index (χ2v) is 9.25. The summed E-state index contributed by atoms with van der Waals surface area (Å²) in [5.74, 6) is -0.137. The van der Waals surface area contributed by atoms with Crippen molar-refractivity contribution >= 4 is 55.4 Å². The van der Waals surface area contributed by atoms with E-state index < -0.39 is 0 Å². The Hall–Kier alpha value is -3.50. The van der Waals surface area contributed by atoms with E-state index in [1.54, 1.807) is 4.68 Å². The Labute approximate surface area is 190 Å². The van der Waals surface area contributed by atoms with E-state index >= 15 is 0 Å². The molecule has 0 saturated carbocycles. The van der Waals surface area contributed by atoms with Crippen LogP contribution in [0.4, 0.5) is 5.13 Å². The van der Waals surface area contributed by atoms with Crippen molar-refractivity contribution in [2.24, 2.45) is 0 Å². The molecule has 8 nitrogen and oxygen atoms in total. The first-order chi connectivity index (χ1) is 15.5. The van der Waals surface area contributed by atoms with E-state index in [0.717, 1.165) is 33.2 Å². The molecule has 2 N–H and O–H groups in total. The maximum Gasteiger partial charge on any atom is 0.262 e. The normalized spacial score (nSPS) is 11.3. The number of benzene rings is 2. The fraction of sp³-hybridized carbons (Fsp3) is 0.136. The number of thiazole rings is 1. The highest BCUT2D eigenvalue weighted by molar-refractivity contribution is 7.99. The molecule has 0 spiro atoms. The summed E-state index contributed by atoms with van der Waals surface area (Å²) < 4.78 is 2.65. The molecule has 32 heavy (non-hydrogen) atoms. The number of thioether (sulfide) groups is 1. The van der Waals surface area contributed by atoms with Crippen LogP contribution in [0.3, 0.4) is 0 Å². The van der Waals surface area contributed by atoms with E-state index in [0.29, 0.717) is 21.3 Å². The van der Waals surface area contributed by atoms with Crippen molar-refractivity contribution in [3.8, 4) is 5.69 Å². The van der Waals surface area contributed by atoms with Gasteiger partial charge in [-0.2, -0.15) is 5.10 Å². The van der Waals surface area contributed by atoms with Gasteiger partial charge in [0.15, 0.2) is 15.9 Å². The van der Waals surface area contributed by atoms with E-state index in [9.17, 15) is 9.59 Å². The van der Waals surface area contributed by atoms with Crippen LogP contribution in [-0.4, -0.2) is 36.4 Å². The van der Waals surface area contributed by atoms with Crippen molar-refractivity contribution in [3.63, 3.8) is 0 Å². The Balaban J connectivity index is 1.36. The van der Waals surface area contributed by atoms with Crippen LogP contribution >= 0.6 is 23.1 Å². The highest BCUT2D eigenvalue weighted by Gasteiger charge is 2.14. The molecule has 0 aliphatic carbocycles. The number of amides is 1. The molecule has 0 fully saturated rings. The maximum atomic E-state index is 12.5. The fourth-order valence-electron chi connectivity index (χ4n) is 3.23. The lowest BCUT2D eigenvalue weighted by atomic mass is 10.1. The molecule has 5 rings (SSSR count). The lowest BCUT2D eigenvalue weighted by molar-refractivity contribution is -0.113. The number of hydrogen-bond donors (Lipinski definition) is 2. The van der Waals surface area contributed by atoms with Gasteiger partial charge in [0.05, 0.1) is 27.9 Å². The standard InChI is InChI=1S/C22H18N6O2S2/c1-12-7-8-14(9-13(12)2)28-19-15(10-23-28)20(30)27-21(26-19)31-11-18(29)25-22-24-16-5-3-4-6-17(16)32-22/h3-10H,11H2,1-2H3,(H,24,25,29)(H,26,27,30). The number of rotatable bonds is 5. The second-order valence-electron chi connectivity index (χ2n) is 7.26. The number of para-hydroxylation sites is 1. The van der Waals surface area contributed by atoms with Gasteiger partial charge >= 0.3 is 0 Å². The first kappa shape index (κ1) is 20.4. The van der Waals surface area contributed by atoms with Gasteiger partial charge in [-0.05, 0) is 49.2 Å². The number of carbonyl (C=O) groups is 1. The Morgan fingerprint density at radius 3 is 2.81 bits per heavy atom. The molecule has 0 unspecified atom stereocenters. The minimum atomic E-state index is -0.292. The molecule has 0 aliphatic rings. The summed E-state index contributed by atoms with van der Waals surface area (Å²) in [5.41, 5.74) is 4.12. The second kappa shape index (κ2) is 8.21. The van der Waals surface area contributed by atoms with Crippen molar-refractivity contribution in [2.45, 2.75) is 19.0 Å². The molecule has 0 aliphatic heterocycles. The van der Waals surface area contributed by atoms with E-state index in [2.05, 4.69) is 25.4 Å². The summed E-state index contributed by atoms with van der Waals surface area (Å²) in [7, 11) is 0. The van der Waals surface area contributed by atoms with Crippen LogP contribution in [0, 0.1) is 13.8 Å². The van der Waals surface area contributed by atoms with Crippen molar-refractivity contribution in [1.82, 2.24) is 24.7 Å². The number of nitrogens with zero attached hydrogens (tertiary/aromatic N) is 4. The van der Waals surface area contributed by atoms with Crippen molar-refractivity contribution in [1.29, 1.82) is 0 Å². The van der Waals surface area contributed by atoms with Gasteiger partial charge in [-0.3, -0.25) is 9.59 Å². The van der Waals surface area contributed by atoms with E-state index in [1.165, 1.54) is 23.1 Å². The molecule has 5 aromatic rings. The van der Waals surface area contributed by atoms with Gasteiger partial charge < -0.3 is 10.3 Å². The van der Waals surface area contributed by atoms with Crippen LogP contribution < -0.4 is 10.9 Å². The van der Waals surface area contributed by atoms with Crippen molar-refractivity contribution in [2.75, 3.05) is 11.1 Å². The Bertz CT molecular complexity index is 1500. The molecule has 3 heterocycles. The first-order valence-corrected chi connectivity index (χ1v) is 11.6. The molecular formula is C22H18N6O2S2. The number of H-pyrrole nitrogens is 1. The molecule has 160 valence electrons. The highest BCUT2D eigenvalue weighted by atomic mass is 32.2. The SMILES string of the molecule is Cc1ccc(-n2ncc3c(=O)[nH]c(SCC(=O)Nc4nc5ccccc5s4)nc32)cc1C. The van der Waals surface area contributed by atoms with E-state index in [1.807, 2.05) is 56.3 Å². The number of carbonyl (C=O) groups excluding carboxylic acids is 1. The zero-order valence-corrected chi connectivity index (χ0v) is 18.9. The van der Waals surface area contributed by atoms with Gasteiger partial charge in [0, 0.05) is 0 Å². The average molecular weight is 463 g/mol. The number of fused-ring (bicyclic) bond motifs is 2. The van der Waals surface area contributed by atoms with Crippen LogP contribution in [0.15, 0.2) is 58.6 Å². The lowest BCUT2D eigenvalue weighted by Crippen LogP contribution is -2.15. The summed E-state index contributed by atoms with van der Waals surface area (Å²) in [6.07, 6.45) is 1.50. The van der Waals surface area contributed by atoms with Gasteiger partial charge in [-0.15, -0.1) is 0 Å². The highest BCUT2D eigenvalue weighted by Crippen LogP contribution is 2.26. The molecule has 0 atom stereocenters. The number of aromatic amines is 1. The lowest BCUT2D eigenvalue weighted by Gasteiger charge is -2.07. The summed E-state index contributed by atoms with van der Waals surface area (Å²) in [5, 5.41) is 8.45. The van der Waals surface area contributed by atoms with Crippen molar-refractivity contribution in [3.05, 3.63) is 70.1 Å². The van der Waals surface area contributed by atoms with Gasteiger partial charge in [0.25, 0.3) is 5.56 Å². The predicted molar refractivity (Wildman–Crippen MR) is 128 cm³/mol. The molecule has 10 heteroatoms. The average Bonchev–Trinajstić information content (AvgIpc) is 3.38. The van der Waals surface area contributed by atoms with Crippen LogP contribution in [0.5, 0.6) is 0 Å². The summed E-state index contributed by atoms with van der Waals surface area (Å²) in [6, 6.07) is 13.7. The molecule has 0 radical (unpaired) electrons. The predicted octanol–water partition coefficient (Wildman–Crippen LogP) is 4.07. The molecular weight excluding hydrogens is 444 g/mol. The minimum Gasteiger partial charge on any atom is -0.301 e. The van der Waals surface area contributed by atoms with Gasteiger partial charge in [-0.25, -0.2) is 14.6 Å². The molecule has 0 saturated heterocycles. The summed E-state index contributed by atoms with van der Waals surface area (Å²) in [4.78, 5) is 36.6. The quantitative estimate of drug-likeness (QED) is 0.301. The molecule has 3 aromatic heterocycles. The number of hydrogen-bond acceptors (Lipinski definition) is 7. The summed E-state index contributed by atoms with van der Waals surface area (Å²) in [6.45, 7) is 4.06. The largest absolute Gasteiger partial charge is 0.301 e. The number of aromatic nitrogens is 5. The van der Waals surface area contributed by atoms with Gasteiger partial charge in [0.1, 0.15) is 5.39 Å². The molecule has 1 amide bonds. The zero-order valence-electron chi connectivity index (χ0n) is 17.2. The third-order valence-corrected chi connectivity index (χ3v) is 6.86. The zero-order chi connectivity index (χ0) is 22.2. The fourth-order valence-corrected chi connectivity index (χ4v) is 4.77. The van der Waals surface area contributed by atoms with Gasteiger partial charge in [-0.1, -0.05) is 41.3 Å². The maximum absolute atomic E-state index is 12.5. The van der Waals surface area contributed by atoms with Crippen LogP contribution in [0.1, 0.15) is 11.1 Å². The van der Waals surface area contributed by atoms with E-state index in [4.69, 9.17) is 0 Å². The summed E-state index contributed by atoms with van der Waals surface area (Å²) >= 11 is 2.57. The number of anilines is 1. The smallest absolute Gasteiger partial charge is 0.262 e. The van der Waals surface area contributed by atoms with Crippen LogP contribution in [0.2, 0.25) is 0 Å². The van der Waals surface area contributed by atoms with Crippen molar-refractivity contribution < 1.29 is 4.79 Å². The van der Waals surface area contributed by atoms with E-state index in [-0.39, 0.29) is 17.2 Å². The third kappa shape index (κ3) is 3.90. The number of nitrogens with one attached hydrogen (secondary N) is 2. The minimum absolute atomic E-state index is 0.0855. The molecule has 2 aromatic carbocycles. The monoisotopic (exact) mass is 462 g/mol. The topological polar surface area (TPSA) is 106 Å². The number of aryl methyl sites for hydroxylation is 2. The Morgan fingerprint density at radius 1 is 1.16 bits per heavy atom. The van der Waals surface area contributed by atoms with Gasteiger partial charge in [0.2, 0.25) is 5.91 Å². The third-order valence-electron chi connectivity index (χ3n) is 5.03. The Kier molecular flexibility index (Phi) is 5.24. The Morgan fingerprint density at radius 2 is 2.00 bits per heavy atom.